The minimum atomic E-state index is 0.736. The minimum Gasteiger partial charge on any atom is -0.380 e. The lowest BCUT2D eigenvalue weighted by Crippen LogP contribution is -2.20. The maximum atomic E-state index is 5.39. The van der Waals surface area contributed by atoms with E-state index in [-0.39, 0.29) is 0 Å². The average molecular weight is 220 g/mol. The number of aromatic nitrogens is 1. The van der Waals surface area contributed by atoms with E-state index in [0.29, 0.717) is 0 Å². The Balaban J connectivity index is 2.07. The maximum absolute atomic E-state index is 5.39. The molecular formula is C13H20N2O. The first-order valence-electron chi connectivity index (χ1n) is 5.64. The van der Waals surface area contributed by atoms with Gasteiger partial charge >= 0.3 is 0 Å². The Morgan fingerprint density at radius 2 is 2.38 bits per heavy atom. The summed E-state index contributed by atoms with van der Waals surface area (Å²) in [4.78, 5) is 4.31. The molecule has 0 saturated heterocycles. The molecule has 0 saturated carbocycles. The summed E-state index contributed by atoms with van der Waals surface area (Å²) in [5, 5.41) is 3.31. The van der Waals surface area contributed by atoms with E-state index in [4.69, 9.17) is 4.74 Å². The van der Waals surface area contributed by atoms with Crippen molar-refractivity contribution >= 4 is 0 Å². The van der Waals surface area contributed by atoms with Crippen LogP contribution < -0.4 is 5.32 Å². The Morgan fingerprint density at radius 3 is 3.12 bits per heavy atom. The highest BCUT2D eigenvalue weighted by Gasteiger charge is 1.97. The van der Waals surface area contributed by atoms with Gasteiger partial charge in [0.25, 0.3) is 0 Å². The number of nitrogens with one attached hydrogen (secondary N) is 1. The van der Waals surface area contributed by atoms with Gasteiger partial charge < -0.3 is 10.1 Å². The van der Waals surface area contributed by atoms with Crippen LogP contribution in [0, 0.1) is 6.92 Å². The summed E-state index contributed by atoms with van der Waals surface area (Å²) in [6.45, 7) is 8.87. The molecule has 0 spiro atoms. The van der Waals surface area contributed by atoms with Crippen molar-refractivity contribution in [3.8, 4) is 0 Å². The summed E-state index contributed by atoms with van der Waals surface area (Å²) in [5.41, 5.74) is 2.33. The van der Waals surface area contributed by atoms with Crippen molar-refractivity contribution in [3.05, 3.63) is 42.2 Å². The number of pyridine rings is 1. The molecule has 0 atom stereocenters. The molecule has 0 aliphatic rings. The molecule has 0 aliphatic heterocycles. The Bertz CT molecular complexity index is 313. The average Bonchev–Trinajstić information content (AvgIpc) is 2.30. The van der Waals surface area contributed by atoms with Gasteiger partial charge in [-0.25, -0.2) is 0 Å². The molecule has 1 aromatic rings. The van der Waals surface area contributed by atoms with Crippen LogP contribution >= 0.6 is 0 Å². The van der Waals surface area contributed by atoms with Crippen LogP contribution in [0.3, 0.4) is 0 Å². The van der Waals surface area contributed by atoms with E-state index in [2.05, 4.69) is 29.9 Å². The third-order valence-corrected chi connectivity index (χ3v) is 2.30. The lowest BCUT2D eigenvalue weighted by molar-refractivity contribution is 0.140. The summed E-state index contributed by atoms with van der Waals surface area (Å²) in [6, 6.07) is 4.03. The molecule has 3 nitrogen and oxygen atoms in total. The van der Waals surface area contributed by atoms with E-state index in [9.17, 15) is 0 Å². The molecule has 0 unspecified atom stereocenters. The molecule has 0 aliphatic carbocycles. The monoisotopic (exact) mass is 220 g/mol. The van der Waals surface area contributed by atoms with Crippen molar-refractivity contribution in [3.63, 3.8) is 0 Å². The Hall–Kier alpha value is -1.19. The molecule has 0 radical (unpaired) electrons. The van der Waals surface area contributed by atoms with Crippen molar-refractivity contribution in [2.75, 3.05) is 19.8 Å². The summed E-state index contributed by atoms with van der Waals surface area (Å²) in [6.07, 6.45) is 4.61. The largest absolute Gasteiger partial charge is 0.380 e. The molecule has 16 heavy (non-hydrogen) atoms. The predicted octanol–water partition coefficient (Wildman–Crippen LogP) is 2.07. The molecular weight excluding hydrogens is 200 g/mol. The predicted molar refractivity (Wildman–Crippen MR) is 66.3 cm³/mol. The lowest BCUT2D eigenvalue weighted by atomic mass is 10.2. The van der Waals surface area contributed by atoms with Gasteiger partial charge in [0.2, 0.25) is 0 Å². The Labute approximate surface area is 97.5 Å². The molecule has 0 fully saturated rings. The SMILES string of the molecule is C=CCCOCCNCc1ncccc1C. The van der Waals surface area contributed by atoms with Crippen LogP contribution in [-0.4, -0.2) is 24.7 Å². The molecule has 0 bridgehead atoms. The number of aryl methyl sites for hydroxylation is 1. The van der Waals surface area contributed by atoms with Gasteiger partial charge in [-0.05, 0) is 25.0 Å². The fraction of sp³-hybridized carbons (Fsp3) is 0.462. The maximum Gasteiger partial charge on any atom is 0.0591 e. The van der Waals surface area contributed by atoms with Gasteiger partial charge in [-0.1, -0.05) is 12.1 Å². The standard InChI is InChI=1S/C13H20N2O/c1-3-4-9-16-10-8-14-11-13-12(2)6-5-7-15-13/h3,5-7,14H,1,4,8-11H2,2H3. The molecule has 1 rings (SSSR count). The lowest BCUT2D eigenvalue weighted by Gasteiger charge is -2.06. The Kier molecular flexibility index (Phi) is 6.45. The van der Waals surface area contributed by atoms with Crippen molar-refractivity contribution in [1.82, 2.24) is 10.3 Å². The molecule has 1 N–H and O–H groups in total. The van der Waals surface area contributed by atoms with Gasteiger partial charge in [-0.15, -0.1) is 6.58 Å². The van der Waals surface area contributed by atoms with Gasteiger partial charge in [0.1, 0.15) is 0 Å². The smallest absolute Gasteiger partial charge is 0.0591 e. The van der Waals surface area contributed by atoms with E-state index in [1.54, 1.807) is 0 Å². The van der Waals surface area contributed by atoms with Crippen LogP contribution in [0.15, 0.2) is 31.0 Å². The van der Waals surface area contributed by atoms with E-state index >= 15 is 0 Å². The van der Waals surface area contributed by atoms with Gasteiger partial charge in [0.05, 0.1) is 18.9 Å². The molecule has 3 heteroatoms. The molecule has 88 valence electrons. The highest BCUT2D eigenvalue weighted by atomic mass is 16.5. The fourth-order valence-corrected chi connectivity index (χ4v) is 1.32. The highest BCUT2D eigenvalue weighted by Crippen LogP contribution is 2.01. The zero-order valence-corrected chi connectivity index (χ0v) is 9.91. The van der Waals surface area contributed by atoms with Crippen molar-refractivity contribution in [2.24, 2.45) is 0 Å². The van der Waals surface area contributed by atoms with E-state index in [0.717, 1.165) is 38.4 Å². The highest BCUT2D eigenvalue weighted by molar-refractivity contribution is 5.17. The molecule has 0 amide bonds. The van der Waals surface area contributed by atoms with Crippen LogP contribution in [0.1, 0.15) is 17.7 Å². The number of hydrogen-bond donors (Lipinski definition) is 1. The number of hydrogen-bond acceptors (Lipinski definition) is 3. The van der Waals surface area contributed by atoms with E-state index in [1.807, 2.05) is 18.3 Å². The van der Waals surface area contributed by atoms with E-state index < -0.39 is 0 Å². The quantitative estimate of drug-likeness (QED) is 0.538. The van der Waals surface area contributed by atoms with Crippen LogP contribution in [0.5, 0.6) is 0 Å². The first-order chi connectivity index (χ1) is 7.84. The second-order valence-electron chi connectivity index (χ2n) is 3.63. The first-order valence-corrected chi connectivity index (χ1v) is 5.64. The Morgan fingerprint density at radius 1 is 1.50 bits per heavy atom. The molecule has 0 aromatic carbocycles. The fourth-order valence-electron chi connectivity index (χ4n) is 1.32. The summed E-state index contributed by atoms with van der Waals surface area (Å²) in [5.74, 6) is 0. The normalized spacial score (nSPS) is 10.3. The van der Waals surface area contributed by atoms with Crippen molar-refractivity contribution in [1.29, 1.82) is 0 Å². The zero-order valence-electron chi connectivity index (χ0n) is 9.91. The van der Waals surface area contributed by atoms with Crippen LogP contribution in [0.4, 0.5) is 0 Å². The van der Waals surface area contributed by atoms with Gasteiger partial charge in [-0.2, -0.15) is 0 Å². The second kappa shape index (κ2) is 8.02. The van der Waals surface area contributed by atoms with Crippen LogP contribution in [0.2, 0.25) is 0 Å². The molecule has 1 heterocycles. The third kappa shape index (κ3) is 5.05. The zero-order chi connectivity index (χ0) is 11.6. The summed E-state index contributed by atoms with van der Waals surface area (Å²) >= 11 is 0. The first kappa shape index (κ1) is 12.9. The van der Waals surface area contributed by atoms with Gasteiger partial charge in [-0.3, -0.25) is 4.98 Å². The van der Waals surface area contributed by atoms with Crippen LogP contribution in [0.25, 0.3) is 0 Å². The minimum absolute atomic E-state index is 0.736. The number of rotatable bonds is 8. The van der Waals surface area contributed by atoms with Crippen molar-refractivity contribution < 1.29 is 4.74 Å². The third-order valence-electron chi connectivity index (χ3n) is 2.30. The second-order valence-corrected chi connectivity index (χ2v) is 3.63. The number of nitrogens with zero attached hydrogens (tertiary/aromatic N) is 1. The topological polar surface area (TPSA) is 34.1 Å². The van der Waals surface area contributed by atoms with Crippen molar-refractivity contribution in [2.45, 2.75) is 19.9 Å². The summed E-state index contributed by atoms with van der Waals surface area (Å²) in [7, 11) is 0. The van der Waals surface area contributed by atoms with Gasteiger partial charge in [0.15, 0.2) is 0 Å². The molecule has 1 aromatic heterocycles. The van der Waals surface area contributed by atoms with Crippen LogP contribution in [-0.2, 0) is 11.3 Å². The summed E-state index contributed by atoms with van der Waals surface area (Å²) < 4.78 is 5.39. The van der Waals surface area contributed by atoms with E-state index in [1.165, 1.54) is 5.56 Å². The van der Waals surface area contributed by atoms with Gasteiger partial charge in [0, 0.05) is 19.3 Å². The number of ether oxygens (including phenoxy) is 1.